The van der Waals surface area contributed by atoms with Gasteiger partial charge in [0.2, 0.25) is 0 Å². The van der Waals surface area contributed by atoms with Crippen LogP contribution in [0.5, 0.6) is 0 Å². The molecular weight excluding hydrogens is 266 g/mol. The van der Waals surface area contributed by atoms with E-state index in [1.54, 1.807) is 12.1 Å². The first-order chi connectivity index (χ1) is 9.93. The molecule has 116 valence electrons. The number of nitrogens with one attached hydrogen (secondary N) is 1. The van der Waals surface area contributed by atoms with Crippen LogP contribution in [0.1, 0.15) is 30.1 Å². The highest BCUT2D eigenvalue weighted by molar-refractivity contribution is 5.96. The predicted molar refractivity (Wildman–Crippen MR) is 85.5 cm³/mol. The topological polar surface area (TPSA) is 67.6 Å². The second-order valence-corrected chi connectivity index (χ2v) is 6.26. The number of hydrogen-bond donors (Lipinski definition) is 2. The van der Waals surface area contributed by atoms with E-state index >= 15 is 0 Å². The van der Waals surface area contributed by atoms with E-state index in [1.807, 2.05) is 6.07 Å². The van der Waals surface area contributed by atoms with E-state index in [0.29, 0.717) is 16.7 Å². The molecule has 1 saturated heterocycles. The number of nitrogen functional groups attached to an aromatic ring is 1. The zero-order valence-electron chi connectivity index (χ0n) is 13.1. The third kappa shape index (κ3) is 3.88. The number of anilines is 2. The Kier molecular flexibility index (Phi) is 4.73. The number of methoxy groups -OCH3 is 1. The zero-order chi connectivity index (χ0) is 15.5. The number of nitrogens with zero attached hydrogens (tertiary/aromatic N) is 1. The molecule has 0 bridgehead atoms. The van der Waals surface area contributed by atoms with Gasteiger partial charge in [-0.3, -0.25) is 0 Å². The lowest BCUT2D eigenvalue weighted by Gasteiger charge is -2.38. The molecular formula is C16H25N3O2. The van der Waals surface area contributed by atoms with Gasteiger partial charge in [-0.2, -0.15) is 0 Å². The van der Waals surface area contributed by atoms with Gasteiger partial charge in [-0.15, -0.1) is 0 Å². The molecule has 0 radical (unpaired) electrons. The monoisotopic (exact) mass is 291 g/mol. The third-order valence-corrected chi connectivity index (χ3v) is 4.37. The quantitative estimate of drug-likeness (QED) is 0.657. The molecule has 0 atom stereocenters. The predicted octanol–water partition coefficient (Wildman–Crippen LogP) is 2.20. The molecule has 3 N–H and O–H groups in total. The van der Waals surface area contributed by atoms with Crippen molar-refractivity contribution < 1.29 is 9.53 Å². The standard InChI is InChI=1S/C16H25N3O2/c1-16(6-8-19(2)9-7-16)11-18-12-4-5-14(17)13(10-12)15(20)21-3/h4-5,10,18H,6-9,11,17H2,1-3H3. The maximum atomic E-state index is 11.7. The molecule has 1 aromatic rings. The summed E-state index contributed by atoms with van der Waals surface area (Å²) in [5, 5.41) is 3.43. The maximum Gasteiger partial charge on any atom is 0.340 e. The smallest absolute Gasteiger partial charge is 0.340 e. The lowest BCUT2D eigenvalue weighted by molar-refractivity contribution is 0.0602. The van der Waals surface area contributed by atoms with Crippen LogP contribution in [0.4, 0.5) is 11.4 Å². The minimum Gasteiger partial charge on any atom is -0.465 e. The fraction of sp³-hybridized carbons (Fsp3) is 0.562. The van der Waals surface area contributed by atoms with Crippen LogP contribution in [-0.2, 0) is 4.74 Å². The number of benzene rings is 1. The lowest BCUT2D eigenvalue weighted by Crippen LogP contribution is -2.40. The third-order valence-electron chi connectivity index (χ3n) is 4.37. The highest BCUT2D eigenvalue weighted by atomic mass is 16.5. The maximum absolute atomic E-state index is 11.7. The highest BCUT2D eigenvalue weighted by Gasteiger charge is 2.28. The number of ether oxygens (including phenoxy) is 1. The molecule has 1 fully saturated rings. The first-order valence-electron chi connectivity index (χ1n) is 7.34. The van der Waals surface area contributed by atoms with Gasteiger partial charge >= 0.3 is 5.97 Å². The average molecular weight is 291 g/mol. The summed E-state index contributed by atoms with van der Waals surface area (Å²) in [4.78, 5) is 14.0. The summed E-state index contributed by atoms with van der Waals surface area (Å²) in [7, 11) is 3.52. The van der Waals surface area contributed by atoms with Gasteiger partial charge in [-0.05, 0) is 56.6 Å². The normalized spacial score (nSPS) is 18.2. The fourth-order valence-electron chi connectivity index (χ4n) is 2.60. The van der Waals surface area contributed by atoms with E-state index in [0.717, 1.165) is 25.3 Å². The number of rotatable bonds is 4. The van der Waals surface area contributed by atoms with Crippen molar-refractivity contribution in [3.8, 4) is 0 Å². The van der Waals surface area contributed by atoms with Crippen molar-refractivity contribution in [1.29, 1.82) is 0 Å². The Bertz CT molecular complexity index is 508. The van der Waals surface area contributed by atoms with Gasteiger partial charge in [0.05, 0.1) is 12.7 Å². The summed E-state index contributed by atoms with van der Waals surface area (Å²) in [6, 6.07) is 5.41. The molecule has 5 nitrogen and oxygen atoms in total. The van der Waals surface area contributed by atoms with Crippen molar-refractivity contribution in [2.75, 3.05) is 44.8 Å². The SMILES string of the molecule is COC(=O)c1cc(NCC2(C)CCN(C)CC2)ccc1N. The Morgan fingerprint density at radius 2 is 2.10 bits per heavy atom. The number of hydrogen-bond acceptors (Lipinski definition) is 5. The van der Waals surface area contributed by atoms with Gasteiger partial charge in [-0.25, -0.2) is 4.79 Å². The van der Waals surface area contributed by atoms with E-state index in [-0.39, 0.29) is 0 Å². The summed E-state index contributed by atoms with van der Waals surface area (Å²) in [6.07, 6.45) is 2.35. The Morgan fingerprint density at radius 3 is 2.71 bits per heavy atom. The Labute approximate surface area is 126 Å². The number of carbonyl (C=O) groups excluding carboxylic acids is 1. The molecule has 1 aliphatic heterocycles. The van der Waals surface area contributed by atoms with Crippen LogP contribution in [0.3, 0.4) is 0 Å². The summed E-state index contributed by atoms with van der Waals surface area (Å²) >= 11 is 0. The van der Waals surface area contributed by atoms with Crippen molar-refractivity contribution in [3.63, 3.8) is 0 Å². The van der Waals surface area contributed by atoms with Crippen LogP contribution in [-0.4, -0.2) is 44.7 Å². The van der Waals surface area contributed by atoms with E-state index in [1.165, 1.54) is 20.0 Å². The van der Waals surface area contributed by atoms with Crippen molar-refractivity contribution in [1.82, 2.24) is 4.90 Å². The molecule has 0 unspecified atom stereocenters. The van der Waals surface area contributed by atoms with E-state index < -0.39 is 5.97 Å². The number of nitrogens with two attached hydrogens (primary N) is 1. The van der Waals surface area contributed by atoms with Crippen LogP contribution in [0.2, 0.25) is 0 Å². The number of esters is 1. The largest absolute Gasteiger partial charge is 0.465 e. The minimum atomic E-state index is -0.401. The van der Waals surface area contributed by atoms with Crippen LogP contribution in [0, 0.1) is 5.41 Å². The van der Waals surface area contributed by atoms with Gasteiger partial charge in [0, 0.05) is 17.9 Å². The summed E-state index contributed by atoms with van der Waals surface area (Å²) in [6.45, 7) is 5.47. The Hall–Kier alpha value is -1.75. The number of carbonyl (C=O) groups is 1. The average Bonchev–Trinajstić information content (AvgIpc) is 2.49. The molecule has 0 amide bonds. The van der Waals surface area contributed by atoms with E-state index in [2.05, 4.69) is 24.2 Å². The lowest BCUT2D eigenvalue weighted by atomic mass is 9.80. The van der Waals surface area contributed by atoms with Crippen LogP contribution < -0.4 is 11.1 Å². The summed E-state index contributed by atoms with van der Waals surface area (Å²) in [5.41, 5.74) is 7.87. The highest BCUT2D eigenvalue weighted by Crippen LogP contribution is 2.31. The first-order valence-corrected chi connectivity index (χ1v) is 7.34. The molecule has 0 saturated carbocycles. The van der Waals surface area contributed by atoms with Gasteiger partial charge < -0.3 is 20.7 Å². The molecule has 0 aromatic heterocycles. The minimum absolute atomic E-state index is 0.291. The van der Waals surface area contributed by atoms with Crippen LogP contribution in [0.15, 0.2) is 18.2 Å². The second-order valence-electron chi connectivity index (χ2n) is 6.26. The first kappa shape index (κ1) is 15.6. The van der Waals surface area contributed by atoms with Crippen LogP contribution >= 0.6 is 0 Å². The molecule has 1 aliphatic rings. The Balaban J connectivity index is 2.02. The molecule has 1 heterocycles. The molecule has 21 heavy (non-hydrogen) atoms. The van der Waals surface area contributed by atoms with Gasteiger partial charge in [-0.1, -0.05) is 6.92 Å². The number of piperidine rings is 1. The van der Waals surface area contributed by atoms with E-state index in [4.69, 9.17) is 10.5 Å². The molecule has 1 aromatic carbocycles. The van der Waals surface area contributed by atoms with E-state index in [9.17, 15) is 4.79 Å². The fourth-order valence-corrected chi connectivity index (χ4v) is 2.60. The zero-order valence-corrected chi connectivity index (χ0v) is 13.1. The summed E-state index contributed by atoms with van der Waals surface area (Å²) < 4.78 is 4.75. The van der Waals surface area contributed by atoms with Crippen molar-refractivity contribution in [2.24, 2.45) is 5.41 Å². The Morgan fingerprint density at radius 1 is 1.43 bits per heavy atom. The number of likely N-dealkylation sites (tertiary alicyclic amines) is 1. The van der Waals surface area contributed by atoms with Crippen molar-refractivity contribution in [3.05, 3.63) is 23.8 Å². The molecule has 0 aliphatic carbocycles. The van der Waals surface area contributed by atoms with Crippen molar-refractivity contribution >= 4 is 17.3 Å². The van der Waals surface area contributed by atoms with Gasteiger partial charge in [0.1, 0.15) is 0 Å². The summed E-state index contributed by atoms with van der Waals surface area (Å²) in [5.74, 6) is -0.401. The van der Waals surface area contributed by atoms with Gasteiger partial charge in [0.25, 0.3) is 0 Å². The van der Waals surface area contributed by atoms with Gasteiger partial charge in [0.15, 0.2) is 0 Å². The molecule has 0 spiro atoms. The molecule has 2 rings (SSSR count). The molecule has 5 heteroatoms. The van der Waals surface area contributed by atoms with Crippen LogP contribution in [0.25, 0.3) is 0 Å². The second kappa shape index (κ2) is 6.35. The van der Waals surface area contributed by atoms with Crippen molar-refractivity contribution in [2.45, 2.75) is 19.8 Å².